The van der Waals surface area contributed by atoms with E-state index in [9.17, 15) is 9.59 Å². The molecule has 4 heterocycles. The number of likely N-dealkylation sites (tertiary alicyclic amines) is 1. The molecule has 28 heavy (non-hydrogen) atoms. The van der Waals surface area contributed by atoms with Gasteiger partial charge in [-0.25, -0.2) is 0 Å². The summed E-state index contributed by atoms with van der Waals surface area (Å²) in [5.41, 5.74) is 4.21. The fourth-order valence-electron chi connectivity index (χ4n) is 5.28. The zero-order valence-corrected chi connectivity index (χ0v) is 16.4. The molecule has 0 amide bonds. The predicted octanol–water partition coefficient (Wildman–Crippen LogP) is 2.95. The highest BCUT2D eigenvalue weighted by Crippen LogP contribution is 2.35. The molecule has 0 spiro atoms. The van der Waals surface area contributed by atoms with Crippen molar-refractivity contribution in [2.24, 2.45) is 13.0 Å². The highest BCUT2D eigenvalue weighted by atomic mass is 16.1. The number of rotatable bonds is 3. The van der Waals surface area contributed by atoms with E-state index in [1.807, 2.05) is 42.8 Å². The van der Waals surface area contributed by atoms with Crippen molar-refractivity contribution >= 4 is 16.7 Å². The third kappa shape index (κ3) is 2.65. The van der Waals surface area contributed by atoms with E-state index in [1.165, 1.54) is 0 Å². The van der Waals surface area contributed by atoms with Crippen molar-refractivity contribution in [3.05, 3.63) is 69.8 Å². The van der Waals surface area contributed by atoms with Crippen LogP contribution in [0, 0.1) is 12.8 Å². The standard InChI is InChI=1S/C23H25N3O2/c1-15-23(18-6-3-4-7-20(18)24(15)2)21(27)14-25-11-16-10-17(13-25)19-8-5-9-22(28)26(19)12-16/h3-9,16-17H,10-14H2,1-2H3. The van der Waals surface area contributed by atoms with Crippen molar-refractivity contribution in [3.8, 4) is 0 Å². The smallest absolute Gasteiger partial charge is 0.250 e. The van der Waals surface area contributed by atoms with Crippen LogP contribution in [-0.4, -0.2) is 39.5 Å². The van der Waals surface area contributed by atoms with E-state index in [-0.39, 0.29) is 11.3 Å². The van der Waals surface area contributed by atoms with Gasteiger partial charge in [0.25, 0.3) is 5.56 Å². The van der Waals surface area contributed by atoms with Crippen LogP contribution in [0.5, 0.6) is 0 Å². The van der Waals surface area contributed by atoms with Crippen molar-refractivity contribution in [2.75, 3.05) is 19.6 Å². The number of Topliss-reactive ketones (excluding diaryl/α,β-unsaturated/α-hetero) is 1. The minimum atomic E-state index is 0.100. The summed E-state index contributed by atoms with van der Waals surface area (Å²) in [6.45, 7) is 4.96. The third-order valence-corrected chi connectivity index (χ3v) is 6.60. The molecule has 2 unspecified atom stereocenters. The van der Waals surface area contributed by atoms with E-state index < -0.39 is 0 Å². The average molecular weight is 375 g/mol. The van der Waals surface area contributed by atoms with Crippen LogP contribution >= 0.6 is 0 Å². The number of hydrogen-bond acceptors (Lipinski definition) is 3. The number of fused-ring (bicyclic) bond motifs is 5. The second-order valence-electron chi connectivity index (χ2n) is 8.35. The van der Waals surface area contributed by atoms with Gasteiger partial charge in [0, 0.05) is 66.5 Å². The zero-order chi connectivity index (χ0) is 19.4. The minimum absolute atomic E-state index is 0.100. The van der Waals surface area contributed by atoms with Crippen molar-refractivity contribution in [1.82, 2.24) is 14.0 Å². The first-order valence-corrected chi connectivity index (χ1v) is 10.0. The molecule has 0 N–H and O–H groups in total. The summed E-state index contributed by atoms with van der Waals surface area (Å²) in [6.07, 6.45) is 1.11. The average Bonchev–Trinajstić information content (AvgIpc) is 2.94. The highest BCUT2D eigenvalue weighted by molar-refractivity contribution is 6.10. The van der Waals surface area contributed by atoms with Gasteiger partial charge in [0.1, 0.15) is 0 Å². The number of carbonyl (C=O) groups is 1. The van der Waals surface area contributed by atoms with Gasteiger partial charge in [-0.1, -0.05) is 24.3 Å². The topological polar surface area (TPSA) is 47.2 Å². The lowest BCUT2D eigenvalue weighted by Gasteiger charge is -2.42. The third-order valence-electron chi connectivity index (χ3n) is 6.60. The van der Waals surface area contributed by atoms with Crippen LogP contribution in [0.1, 0.15) is 34.1 Å². The zero-order valence-electron chi connectivity index (χ0n) is 16.4. The molecular weight excluding hydrogens is 350 g/mol. The Morgan fingerprint density at radius 1 is 1.07 bits per heavy atom. The van der Waals surface area contributed by atoms with Crippen molar-refractivity contribution in [1.29, 1.82) is 0 Å². The first-order chi connectivity index (χ1) is 13.5. The largest absolute Gasteiger partial charge is 0.347 e. The van der Waals surface area contributed by atoms with Crippen LogP contribution in [0.4, 0.5) is 0 Å². The van der Waals surface area contributed by atoms with Gasteiger partial charge >= 0.3 is 0 Å². The van der Waals surface area contributed by atoms with E-state index in [1.54, 1.807) is 6.07 Å². The molecule has 1 fully saturated rings. The Labute approximate surface area is 164 Å². The van der Waals surface area contributed by atoms with E-state index in [4.69, 9.17) is 0 Å². The molecule has 144 valence electrons. The summed E-state index contributed by atoms with van der Waals surface area (Å²) in [5, 5.41) is 1.04. The SMILES string of the molecule is Cc1c(C(=O)CN2CC3CC(C2)c2cccc(=O)n2C3)c2ccccc2n1C. The van der Waals surface area contributed by atoms with Crippen molar-refractivity contribution in [3.63, 3.8) is 0 Å². The molecule has 0 aliphatic carbocycles. The van der Waals surface area contributed by atoms with Gasteiger partial charge < -0.3 is 9.13 Å². The number of aryl methyl sites for hydroxylation is 1. The first kappa shape index (κ1) is 17.4. The maximum Gasteiger partial charge on any atom is 0.250 e. The number of hydrogen-bond donors (Lipinski definition) is 0. The van der Waals surface area contributed by atoms with Crippen LogP contribution in [0.3, 0.4) is 0 Å². The highest BCUT2D eigenvalue weighted by Gasteiger charge is 2.35. The van der Waals surface area contributed by atoms with Gasteiger partial charge in [0.15, 0.2) is 5.78 Å². The lowest BCUT2D eigenvalue weighted by atomic mass is 9.83. The molecule has 2 atom stereocenters. The van der Waals surface area contributed by atoms with Crippen LogP contribution in [0.2, 0.25) is 0 Å². The lowest BCUT2D eigenvalue weighted by Crippen LogP contribution is -2.48. The predicted molar refractivity (Wildman–Crippen MR) is 110 cm³/mol. The summed E-state index contributed by atoms with van der Waals surface area (Å²) in [7, 11) is 2.02. The summed E-state index contributed by atoms with van der Waals surface area (Å²) >= 11 is 0. The Balaban J connectivity index is 1.42. The monoisotopic (exact) mass is 375 g/mol. The molecule has 3 aromatic rings. The number of aromatic nitrogens is 2. The van der Waals surface area contributed by atoms with Crippen LogP contribution in [-0.2, 0) is 13.6 Å². The Hall–Kier alpha value is -2.66. The molecule has 5 rings (SSSR count). The first-order valence-electron chi connectivity index (χ1n) is 10.0. The molecular formula is C23H25N3O2. The fraction of sp³-hybridized carbons (Fsp3) is 0.391. The molecule has 5 nitrogen and oxygen atoms in total. The fourth-order valence-corrected chi connectivity index (χ4v) is 5.28. The molecule has 2 bridgehead atoms. The quantitative estimate of drug-likeness (QED) is 0.662. The molecule has 2 aliphatic heterocycles. The number of nitrogens with zero attached hydrogens (tertiary/aromatic N) is 3. The minimum Gasteiger partial charge on any atom is -0.347 e. The normalized spacial score (nSPS) is 21.6. The second-order valence-corrected chi connectivity index (χ2v) is 8.35. The molecule has 1 aromatic carbocycles. The van der Waals surface area contributed by atoms with Crippen molar-refractivity contribution in [2.45, 2.75) is 25.8 Å². The van der Waals surface area contributed by atoms with Crippen molar-refractivity contribution < 1.29 is 4.79 Å². The molecule has 0 radical (unpaired) electrons. The second kappa shape index (κ2) is 6.45. The lowest BCUT2D eigenvalue weighted by molar-refractivity contribution is 0.0818. The van der Waals surface area contributed by atoms with Crippen LogP contribution in [0.15, 0.2) is 47.3 Å². The maximum atomic E-state index is 13.3. The number of pyridine rings is 1. The summed E-state index contributed by atoms with van der Waals surface area (Å²) in [4.78, 5) is 27.8. The number of para-hydroxylation sites is 1. The van der Waals surface area contributed by atoms with E-state index in [2.05, 4.69) is 21.6 Å². The maximum absolute atomic E-state index is 13.3. The summed E-state index contributed by atoms with van der Waals surface area (Å²) < 4.78 is 4.04. The molecule has 5 heteroatoms. The molecule has 0 saturated carbocycles. The van der Waals surface area contributed by atoms with Gasteiger partial charge in [-0.3, -0.25) is 14.5 Å². The van der Waals surface area contributed by atoms with E-state index in [0.29, 0.717) is 18.4 Å². The van der Waals surface area contributed by atoms with Gasteiger partial charge in [-0.15, -0.1) is 0 Å². The van der Waals surface area contributed by atoms with Gasteiger partial charge in [-0.05, 0) is 31.4 Å². The van der Waals surface area contributed by atoms with Gasteiger partial charge in [0.2, 0.25) is 0 Å². The Bertz CT molecular complexity index is 1140. The number of benzene rings is 1. The van der Waals surface area contributed by atoms with E-state index >= 15 is 0 Å². The van der Waals surface area contributed by atoms with Crippen LogP contribution < -0.4 is 5.56 Å². The molecule has 2 aromatic heterocycles. The Morgan fingerprint density at radius 2 is 1.89 bits per heavy atom. The number of piperidine rings is 1. The summed E-state index contributed by atoms with van der Waals surface area (Å²) in [6, 6.07) is 13.7. The Kier molecular flexibility index (Phi) is 4.02. The van der Waals surface area contributed by atoms with Gasteiger partial charge in [-0.2, -0.15) is 0 Å². The number of ketones is 1. The Morgan fingerprint density at radius 3 is 2.75 bits per heavy atom. The molecule has 1 saturated heterocycles. The molecule has 2 aliphatic rings. The van der Waals surface area contributed by atoms with Crippen LogP contribution in [0.25, 0.3) is 10.9 Å². The number of carbonyl (C=O) groups excluding carboxylic acids is 1. The van der Waals surface area contributed by atoms with E-state index in [0.717, 1.165) is 53.9 Å². The van der Waals surface area contributed by atoms with Gasteiger partial charge in [0.05, 0.1) is 6.54 Å². The summed E-state index contributed by atoms with van der Waals surface area (Å²) in [5.74, 6) is 0.968.